The van der Waals surface area contributed by atoms with Gasteiger partial charge in [0.25, 0.3) is 5.91 Å². The van der Waals surface area contributed by atoms with Gasteiger partial charge in [-0.05, 0) is 30.3 Å². The number of benzene rings is 2. The zero-order chi connectivity index (χ0) is 20.4. The van der Waals surface area contributed by atoms with Gasteiger partial charge in [-0.2, -0.15) is 9.57 Å². The molecule has 0 atom stereocenters. The van der Waals surface area contributed by atoms with Gasteiger partial charge < -0.3 is 0 Å². The number of carbonyl (C=O) groups excluding carboxylic acids is 1. The monoisotopic (exact) mass is 424 g/mol. The summed E-state index contributed by atoms with van der Waals surface area (Å²) in [5.74, 6) is -0.359. The number of nitrogens with one attached hydrogen (secondary N) is 1. The van der Waals surface area contributed by atoms with Crippen molar-refractivity contribution in [3.63, 3.8) is 0 Å². The van der Waals surface area contributed by atoms with Gasteiger partial charge in [-0.15, -0.1) is 11.3 Å². The number of carbonyl (C=O) groups is 1. The van der Waals surface area contributed by atoms with Crippen LogP contribution in [0.1, 0.15) is 26.5 Å². The van der Waals surface area contributed by atoms with E-state index in [0.29, 0.717) is 29.2 Å². The Bertz CT molecular complexity index is 1210. The third-order valence-electron chi connectivity index (χ3n) is 4.55. The number of hydrogen-bond donors (Lipinski definition) is 1. The first-order valence-corrected chi connectivity index (χ1v) is 11.1. The summed E-state index contributed by atoms with van der Waals surface area (Å²) in [6.45, 7) is 0.565. The maximum Gasteiger partial charge on any atom is 0.257 e. The quantitative estimate of drug-likeness (QED) is 0.693. The zero-order valence-electron chi connectivity index (χ0n) is 15.2. The van der Waals surface area contributed by atoms with Gasteiger partial charge in [0.05, 0.1) is 28.8 Å². The van der Waals surface area contributed by atoms with Gasteiger partial charge in [-0.25, -0.2) is 13.4 Å². The van der Waals surface area contributed by atoms with Crippen LogP contribution in [-0.4, -0.2) is 30.2 Å². The maximum absolute atomic E-state index is 12.8. The van der Waals surface area contributed by atoms with Crippen molar-refractivity contribution in [1.82, 2.24) is 9.29 Å². The van der Waals surface area contributed by atoms with Gasteiger partial charge in [-0.1, -0.05) is 24.3 Å². The van der Waals surface area contributed by atoms with Crippen LogP contribution in [0.3, 0.4) is 0 Å². The van der Waals surface area contributed by atoms with E-state index in [9.17, 15) is 13.2 Å². The van der Waals surface area contributed by atoms with Gasteiger partial charge in [0.2, 0.25) is 10.0 Å². The van der Waals surface area contributed by atoms with E-state index in [2.05, 4.69) is 10.3 Å². The summed E-state index contributed by atoms with van der Waals surface area (Å²) >= 11 is 1.27. The second kappa shape index (κ2) is 7.75. The smallest absolute Gasteiger partial charge is 0.257 e. The molecule has 0 spiro atoms. The molecule has 2 heterocycles. The first-order valence-electron chi connectivity index (χ1n) is 8.82. The number of anilines is 1. The Morgan fingerprint density at radius 1 is 1.17 bits per heavy atom. The lowest BCUT2D eigenvalue weighted by Gasteiger charge is -2.25. The fourth-order valence-corrected chi connectivity index (χ4v) is 5.60. The molecule has 0 saturated carbocycles. The first-order chi connectivity index (χ1) is 14.0. The molecule has 0 radical (unpaired) electrons. The molecule has 3 aromatic rings. The van der Waals surface area contributed by atoms with E-state index in [0.717, 1.165) is 10.6 Å². The molecule has 146 valence electrons. The number of amides is 1. The van der Waals surface area contributed by atoms with Crippen LogP contribution in [0.5, 0.6) is 0 Å². The molecule has 1 aliphatic rings. The SMILES string of the molecule is N#Cc1cccc(C(=O)Nc2nc3c(s2)CN(S(=O)(=O)c2ccccc2)CC3)c1. The molecule has 1 aliphatic heterocycles. The number of thiazole rings is 1. The number of hydrogen-bond acceptors (Lipinski definition) is 6. The van der Waals surface area contributed by atoms with Crippen molar-refractivity contribution in [1.29, 1.82) is 5.26 Å². The average Bonchev–Trinajstić information content (AvgIpc) is 3.15. The summed E-state index contributed by atoms with van der Waals surface area (Å²) < 4.78 is 27.1. The number of aromatic nitrogens is 1. The zero-order valence-corrected chi connectivity index (χ0v) is 16.8. The fraction of sp³-hybridized carbons (Fsp3) is 0.150. The fourth-order valence-electron chi connectivity index (χ4n) is 3.07. The van der Waals surface area contributed by atoms with Crippen molar-refractivity contribution in [3.05, 3.63) is 76.3 Å². The van der Waals surface area contributed by atoms with Gasteiger partial charge >= 0.3 is 0 Å². The van der Waals surface area contributed by atoms with Crippen LogP contribution in [-0.2, 0) is 23.0 Å². The van der Waals surface area contributed by atoms with E-state index in [1.807, 2.05) is 6.07 Å². The lowest BCUT2D eigenvalue weighted by Crippen LogP contribution is -2.35. The Morgan fingerprint density at radius 3 is 2.72 bits per heavy atom. The lowest BCUT2D eigenvalue weighted by atomic mass is 10.1. The molecule has 2 aromatic carbocycles. The van der Waals surface area contributed by atoms with Crippen molar-refractivity contribution in [2.24, 2.45) is 0 Å². The van der Waals surface area contributed by atoms with Crippen LogP contribution < -0.4 is 5.32 Å². The van der Waals surface area contributed by atoms with Crippen LogP contribution in [0.15, 0.2) is 59.5 Å². The molecule has 1 amide bonds. The molecule has 0 saturated heterocycles. The van der Waals surface area contributed by atoms with Crippen LogP contribution in [0.4, 0.5) is 5.13 Å². The van der Waals surface area contributed by atoms with E-state index in [-0.39, 0.29) is 17.3 Å². The maximum atomic E-state index is 12.8. The molecular weight excluding hydrogens is 408 g/mol. The Kier molecular flexibility index (Phi) is 5.15. The minimum Gasteiger partial charge on any atom is -0.298 e. The predicted octanol–water partition coefficient (Wildman–Crippen LogP) is 3.01. The second-order valence-corrected chi connectivity index (χ2v) is 9.46. The summed E-state index contributed by atoms with van der Waals surface area (Å²) in [6.07, 6.45) is 0.484. The largest absolute Gasteiger partial charge is 0.298 e. The number of rotatable bonds is 4. The topological polar surface area (TPSA) is 103 Å². The standard InChI is InChI=1S/C20H16N4O3S2/c21-12-14-5-4-6-15(11-14)19(25)23-20-22-17-9-10-24(13-18(17)28-20)29(26,27)16-7-2-1-3-8-16/h1-8,11H,9-10,13H2,(H,22,23,25). The van der Waals surface area contributed by atoms with Crippen LogP contribution >= 0.6 is 11.3 Å². The highest BCUT2D eigenvalue weighted by molar-refractivity contribution is 7.89. The normalized spacial score (nSPS) is 14.0. The minimum atomic E-state index is -3.57. The van der Waals surface area contributed by atoms with Crippen molar-refractivity contribution in [2.45, 2.75) is 17.9 Å². The summed E-state index contributed by atoms with van der Waals surface area (Å²) in [5.41, 5.74) is 1.57. The summed E-state index contributed by atoms with van der Waals surface area (Å²) in [4.78, 5) is 18.0. The van der Waals surface area contributed by atoms with Crippen LogP contribution in [0, 0.1) is 11.3 Å². The highest BCUT2D eigenvalue weighted by Gasteiger charge is 2.30. The van der Waals surface area contributed by atoms with Crippen molar-refractivity contribution < 1.29 is 13.2 Å². The molecule has 0 unspecified atom stereocenters. The Labute approximate surface area is 172 Å². The number of nitrogens with zero attached hydrogens (tertiary/aromatic N) is 3. The molecular formula is C20H16N4O3S2. The second-order valence-electron chi connectivity index (χ2n) is 6.44. The average molecular weight is 425 g/mol. The van der Waals surface area contributed by atoms with E-state index in [1.54, 1.807) is 48.5 Å². The Hall–Kier alpha value is -3.06. The van der Waals surface area contributed by atoms with Gasteiger partial charge in [-0.3, -0.25) is 10.1 Å². The predicted molar refractivity (Wildman–Crippen MR) is 109 cm³/mol. The summed E-state index contributed by atoms with van der Waals surface area (Å²) in [7, 11) is -3.57. The molecule has 1 N–H and O–H groups in total. The van der Waals surface area contributed by atoms with E-state index in [1.165, 1.54) is 21.7 Å². The first kappa shape index (κ1) is 19.3. The van der Waals surface area contributed by atoms with Crippen molar-refractivity contribution in [2.75, 3.05) is 11.9 Å². The lowest BCUT2D eigenvalue weighted by molar-refractivity contribution is 0.102. The number of fused-ring (bicyclic) bond motifs is 1. The van der Waals surface area contributed by atoms with Gasteiger partial charge in [0.15, 0.2) is 5.13 Å². The Balaban J connectivity index is 1.52. The highest BCUT2D eigenvalue weighted by atomic mass is 32.2. The van der Waals surface area contributed by atoms with Crippen molar-refractivity contribution >= 4 is 32.4 Å². The molecule has 0 bridgehead atoms. The van der Waals surface area contributed by atoms with Crippen molar-refractivity contribution in [3.8, 4) is 6.07 Å². The molecule has 29 heavy (non-hydrogen) atoms. The molecule has 0 aliphatic carbocycles. The summed E-state index contributed by atoms with van der Waals surface area (Å²) in [6, 6.07) is 16.7. The highest BCUT2D eigenvalue weighted by Crippen LogP contribution is 2.31. The minimum absolute atomic E-state index is 0.226. The van der Waals surface area contributed by atoms with Crippen LogP contribution in [0.2, 0.25) is 0 Å². The van der Waals surface area contributed by atoms with Gasteiger partial charge in [0, 0.05) is 23.4 Å². The van der Waals surface area contributed by atoms with E-state index < -0.39 is 10.0 Å². The third-order valence-corrected chi connectivity index (χ3v) is 7.41. The number of nitriles is 1. The Morgan fingerprint density at radius 2 is 1.97 bits per heavy atom. The molecule has 0 fully saturated rings. The molecule has 9 heteroatoms. The molecule has 4 rings (SSSR count). The molecule has 7 nitrogen and oxygen atoms in total. The van der Waals surface area contributed by atoms with E-state index >= 15 is 0 Å². The number of sulfonamides is 1. The molecule has 1 aromatic heterocycles. The van der Waals surface area contributed by atoms with E-state index in [4.69, 9.17) is 5.26 Å². The third kappa shape index (κ3) is 3.91. The van der Waals surface area contributed by atoms with Gasteiger partial charge in [0.1, 0.15) is 0 Å². The van der Waals surface area contributed by atoms with Crippen LogP contribution in [0.25, 0.3) is 0 Å². The summed E-state index contributed by atoms with van der Waals surface area (Å²) in [5, 5.41) is 12.1.